The van der Waals surface area contributed by atoms with Gasteiger partial charge in [-0.2, -0.15) is 0 Å². The van der Waals surface area contributed by atoms with Crippen LogP contribution in [0.2, 0.25) is 0 Å². The van der Waals surface area contributed by atoms with Crippen molar-refractivity contribution >= 4 is 5.69 Å². The van der Waals surface area contributed by atoms with Gasteiger partial charge < -0.3 is 10.1 Å². The molecule has 0 aliphatic heterocycles. The fourth-order valence-electron chi connectivity index (χ4n) is 2.33. The van der Waals surface area contributed by atoms with Gasteiger partial charge in [-0.3, -0.25) is 0 Å². The first kappa shape index (κ1) is 16.4. The van der Waals surface area contributed by atoms with Gasteiger partial charge in [-0.15, -0.1) is 0 Å². The Labute approximate surface area is 134 Å². The van der Waals surface area contributed by atoms with Crippen LogP contribution in [0.3, 0.4) is 0 Å². The van der Waals surface area contributed by atoms with Gasteiger partial charge in [-0.25, -0.2) is 0 Å². The Balaban J connectivity index is 1.80. The van der Waals surface area contributed by atoms with Gasteiger partial charge in [-0.1, -0.05) is 45.0 Å². The molecule has 2 heteroatoms. The second kappa shape index (κ2) is 7.35. The van der Waals surface area contributed by atoms with E-state index < -0.39 is 0 Å². The number of hydrogen-bond donors (Lipinski definition) is 1. The molecule has 0 saturated carbocycles. The van der Waals surface area contributed by atoms with Gasteiger partial charge in [0.15, 0.2) is 0 Å². The molecule has 0 atom stereocenters. The monoisotopic (exact) mass is 297 g/mol. The lowest BCUT2D eigenvalue weighted by Crippen LogP contribution is -2.15. The Kier molecular flexibility index (Phi) is 5.48. The number of hydrogen-bond acceptors (Lipinski definition) is 2. The van der Waals surface area contributed by atoms with E-state index in [2.05, 4.69) is 81.5 Å². The van der Waals surface area contributed by atoms with Gasteiger partial charge in [0, 0.05) is 12.2 Å². The van der Waals surface area contributed by atoms with Gasteiger partial charge in [0.2, 0.25) is 0 Å². The molecule has 118 valence electrons. The third-order valence-electron chi connectivity index (χ3n) is 4.24. The highest BCUT2D eigenvalue weighted by Gasteiger charge is 2.17. The third-order valence-corrected chi connectivity index (χ3v) is 4.24. The second-order valence-electron chi connectivity index (χ2n) is 6.41. The van der Waals surface area contributed by atoms with E-state index in [1.165, 1.54) is 11.1 Å². The van der Waals surface area contributed by atoms with Gasteiger partial charge in [0.1, 0.15) is 12.4 Å². The summed E-state index contributed by atoms with van der Waals surface area (Å²) in [7, 11) is 0. The lowest BCUT2D eigenvalue weighted by atomic mass is 9.82. The highest BCUT2D eigenvalue weighted by atomic mass is 16.5. The maximum Gasteiger partial charge on any atom is 0.119 e. The Morgan fingerprint density at radius 3 is 2.41 bits per heavy atom. The van der Waals surface area contributed by atoms with Gasteiger partial charge in [-0.05, 0) is 54.2 Å². The molecule has 2 nitrogen and oxygen atoms in total. The Bertz CT molecular complexity index is 587. The van der Waals surface area contributed by atoms with E-state index in [4.69, 9.17) is 4.74 Å². The second-order valence-corrected chi connectivity index (χ2v) is 6.41. The van der Waals surface area contributed by atoms with E-state index in [1.807, 2.05) is 0 Å². The van der Waals surface area contributed by atoms with Crippen molar-refractivity contribution in [2.75, 3.05) is 18.5 Å². The molecule has 2 aromatic carbocycles. The summed E-state index contributed by atoms with van der Waals surface area (Å²) in [6.45, 7) is 10.3. The zero-order chi connectivity index (χ0) is 16.0. The quantitative estimate of drug-likeness (QED) is 0.712. The van der Waals surface area contributed by atoms with Crippen molar-refractivity contribution in [3.63, 3.8) is 0 Å². The summed E-state index contributed by atoms with van der Waals surface area (Å²) in [5.41, 5.74) is 3.99. The highest BCUT2D eigenvalue weighted by Crippen LogP contribution is 2.27. The van der Waals surface area contributed by atoms with Crippen LogP contribution in [-0.2, 0) is 5.41 Å². The van der Waals surface area contributed by atoms with Crippen molar-refractivity contribution in [1.29, 1.82) is 0 Å². The molecule has 0 bridgehead atoms. The number of aryl methyl sites for hydroxylation is 1. The predicted octanol–water partition coefficient (Wildman–Crippen LogP) is 5.17. The Hall–Kier alpha value is -1.96. The average Bonchev–Trinajstić information content (AvgIpc) is 2.52. The van der Waals surface area contributed by atoms with Crippen molar-refractivity contribution < 1.29 is 4.74 Å². The molecule has 0 amide bonds. The largest absolute Gasteiger partial charge is 0.492 e. The lowest BCUT2D eigenvalue weighted by Gasteiger charge is -2.23. The number of ether oxygens (including phenoxy) is 1. The zero-order valence-corrected chi connectivity index (χ0v) is 14.1. The first-order valence-electron chi connectivity index (χ1n) is 8.05. The van der Waals surface area contributed by atoms with Crippen LogP contribution in [0.1, 0.15) is 38.3 Å². The summed E-state index contributed by atoms with van der Waals surface area (Å²) in [6, 6.07) is 16.9. The molecular formula is C20H27NO. The first-order chi connectivity index (χ1) is 10.5. The predicted molar refractivity (Wildman–Crippen MR) is 94.9 cm³/mol. The minimum Gasteiger partial charge on any atom is -0.492 e. The smallest absolute Gasteiger partial charge is 0.119 e. The molecule has 0 saturated heterocycles. The number of rotatable bonds is 7. The maximum atomic E-state index is 5.80. The van der Waals surface area contributed by atoms with E-state index in [9.17, 15) is 0 Å². The third kappa shape index (κ3) is 4.52. The minimum atomic E-state index is 0.227. The molecule has 2 aromatic rings. The molecule has 0 fully saturated rings. The molecule has 22 heavy (non-hydrogen) atoms. The summed E-state index contributed by atoms with van der Waals surface area (Å²) in [5, 5.41) is 3.38. The molecule has 2 rings (SSSR count). The Morgan fingerprint density at radius 1 is 1.05 bits per heavy atom. The number of nitrogens with one attached hydrogen (secondary N) is 1. The van der Waals surface area contributed by atoms with Crippen LogP contribution in [0, 0.1) is 6.92 Å². The summed E-state index contributed by atoms with van der Waals surface area (Å²) in [5.74, 6) is 0.932. The molecule has 1 N–H and O–H groups in total. The first-order valence-corrected chi connectivity index (χ1v) is 8.05. The maximum absolute atomic E-state index is 5.80. The van der Waals surface area contributed by atoms with E-state index in [0.29, 0.717) is 6.61 Å². The van der Waals surface area contributed by atoms with Gasteiger partial charge in [0.25, 0.3) is 0 Å². The van der Waals surface area contributed by atoms with E-state index >= 15 is 0 Å². The van der Waals surface area contributed by atoms with Gasteiger partial charge >= 0.3 is 0 Å². The molecular weight excluding hydrogens is 270 g/mol. The SMILES string of the molecule is CCC(C)(C)c1ccc(OCCNc2cccc(C)c2)cc1. The molecule has 0 radical (unpaired) electrons. The van der Waals surface area contributed by atoms with Crippen LogP contribution in [-0.4, -0.2) is 13.2 Å². The van der Waals surface area contributed by atoms with Crippen LogP contribution in [0.5, 0.6) is 5.75 Å². The van der Waals surface area contributed by atoms with Crippen molar-refractivity contribution in [1.82, 2.24) is 0 Å². The number of benzene rings is 2. The lowest BCUT2D eigenvalue weighted by molar-refractivity contribution is 0.332. The summed E-state index contributed by atoms with van der Waals surface area (Å²) in [6.07, 6.45) is 1.13. The average molecular weight is 297 g/mol. The van der Waals surface area contributed by atoms with Crippen LogP contribution in [0.15, 0.2) is 48.5 Å². The normalized spacial score (nSPS) is 11.3. The fraction of sp³-hybridized carbons (Fsp3) is 0.400. The molecule has 0 aromatic heterocycles. The summed E-state index contributed by atoms with van der Waals surface area (Å²) >= 11 is 0. The van der Waals surface area contributed by atoms with Crippen LogP contribution < -0.4 is 10.1 Å². The summed E-state index contributed by atoms with van der Waals surface area (Å²) in [4.78, 5) is 0. The van der Waals surface area contributed by atoms with Gasteiger partial charge in [0.05, 0.1) is 0 Å². The number of anilines is 1. The zero-order valence-electron chi connectivity index (χ0n) is 14.1. The van der Waals surface area contributed by atoms with Crippen molar-refractivity contribution in [3.8, 4) is 5.75 Å². The van der Waals surface area contributed by atoms with E-state index in [0.717, 1.165) is 24.4 Å². The topological polar surface area (TPSA) is 21.3 Å². The van der Waals surface area contributed by atoms with Crippen LogP contribution in [0.4, 0.5) is 5.69 Å². The molecule has 0 spiro atoms. The van der Waals surface area contributed by atoms with E-state index in [-0.39, 0.29) is 5.41 Å². The fourth-order valence-corrected chi connectivity index (χ4v) is 2.33. The van der Waals surface area contributed by atoms with Crippen molar-refractivity contribution in [2.24, 2.45) is 0 Å². The summed E-state index contributed by atoms with van der Waals surface area (Å²) < 4.78 is 5.80. The minimum absolute atomic E-state index is 0.227. The van der Waals surface area contributed by atoms with Crippen molar-refractivity contribution in [2.45, 2.75) is 39.5 Å². The molecule has 0 heterocycles. The van der Waals surface area contributed by atoms with Crippen molar-refractivity contribution in [3.05, 3.63) is 59.7 Å². The molecule has 0 aliphatic rings. The van der Waals surface area contributed by atoms with Crippen LogP contribution in [0.25, 0.3) is 0 Å². The van der Waals surface area contributed by atoms with E-state index in [1.54, 1.807) is 0 Å². The Morgan fingerprint density at radius 2 is 1.77 bits per heavy atom. The van der Waals surface area contributed by atoms with Crippen LogP contribution >= 0.6 is 0 Å². The molecule has 0 unspecified atom stereocenters. The standard InChI is InChI=1S/C20H27NO/c1-5-20(3,4)17-9-11-19(12-10-17)22-14-13-21-18-8-6-7-16(2)15-18/h6-12,15,21H,5,13-14H2,1-4H3. The highest BCUT2D eigenvalue weighted by molar-refractivity contribution is 5.45. The molecule has 0 aliphatic carbocycles.